The Labute approximate surface area is 320 Å². The van der Waals surface area contributed by atoms with Crippen molar-refractivity contribution in [3.8, 4) is 11.3 Å². The van der Waals surface area contributed by atoms with E-state index in [1.165, 1.54) is 56.1 Å². The van der Waals surface area contributed by atoms with Crippen LogP contribution in [0, 0.1) is 17.9 Å². The molecule has 273 valence electrons. The molecule has 0 amide bonds. The first-order chi connectivity index (χ1) is 23.6. The van der Waals surface area contributed by atoms with Crippen molar-refractivity contribution in [3.63, 3.8) is 0 Å². The molecule has 0 unspecified atom stereocenters. The third-order valence-electron chi connectivity index (χ3n) is 11.2. The van der Waals surface area contributed by atoms with Gasteiger partial charge in [0.25, 0.3) is 0 Å². The molecule has 4 heteroatoms. The Kier molecular flexibility index (Phi) is 12.5. The van der Waals surface area contributed by atoms with E-state index in [9.17, 15) is 9.90 Å². The van der Waals surface area contributed by atoms with E-state index in [0.717, 1.165) is 42.3 Å². The van der Waals surface area contributed by atoms with E-state index in [4.69, 9.17) is 4.98 Å². The molecule has 0 aliphatic heterocycles. The number of aromatic nitrogens is 1. The minimum Gasteiger partial charge on any atom is -0.512 e. The summed E-state index contributed by atoms with van der Waals surface area (Å²) in [5.74, 6) is 0.547. The summed E-state index contributed by atoms with van der Waals surface area (Å²) in [7, 11) is 0. The number of aliphatic hydroxyl groups excluding tert-OH is 1. The topological polar surface area (TPSA) is 50.2 Å². The number of hydrogen-bond donors (Lipinski definition) is 1. The van der Waals surface area contributed by atoms with E-state index in [1.54, 1.807) is 0 Å². The van der Waals surface area contributed by atoms with Crippen molar-refractivity contribution in [1.82, 2.24) is 4.98 Å². The Bertz CT molecular complexity index is 2050. The van der Waals surface area contributed by atoms with Gasteiger partial charge in [0, 0.05) is 49.9 Å². The molecule has 4 aromatic carbocycles. The summed E-state index contributed by atoms with van der Waals surface area (Å²) in [5.41, 5.74) is 6.83. The molecule has 3 nitrogen and oxygen atoms in total. The average molecular weight is 861 g/mol. The van der Waals surface area contributed by atoms with Crippen LogP contribution in [-0.4, -0.2) is 15.9 Å². The maximum absolute atomic E-state index is 11.7. The first-order valence-corrected chi connectivity index (χ1v) is 18.8. The van der Waals surface area contributed by atoms with Crippen molar-refractivity contribution in [1.29, 1.82) is 0 Å². The van der Waals surface area contributed by atoms with Gasteiger partial charge < -0.3 is 5.11 Å². The Morgan fingerprint density at radius 3 is 2.02 bits per heavy atom. The number of nitrogens with zero attached hydrogens (tertiary/aromatic N) is 1. The summed E-state index contributed by atoms with van der Waals surface area (Å²) in [6.45, 7) is 24.5. The first kappa shape index (κ1) is 40.4. The fourth-order valence-corrected chi connectivity index (χ4v) is 8.43. The summed E-state index contributed by atoms with van der Waals surface area (Å²) in [4.78, 5) is 16.6. The van der Waals surface area contributed by atoms with E-state index in [0.29, 0.717) is 0 Å². The molecule has 1 N–H and O–H groups in total. The maximum Gasteiger partial charge on any atom is 0.162 e. The van der Waals surface area contributed by atoms with Crippen LogP contribution in [0.15, 0.2) is 78.7 Å². The molecule has 0 bridgehead atoms. The predicted molar refractivity (Wildman–Crippen MR) is 214 cm³/mol. The molecule has 0 saturated heterocycles. The van der Waals surface area contributed by atoms with Gasteiger partial charge in [0.15, 0.2) is 5.78 Å². The van der Waals surface area contributed by atoms with Crippen LogP contribution in [0.3, 0.4) is 0 Å². The average Bonchev–Trinajstić information content (AvgIpc) is 3.25. The number of benzene rings is 4. The summed E-state index contributed by atoms with van der Waals surface area (Å²) < 4.78 is 0. The quantitative estimate of drug-likeness (QED) is 0.0732. The van der Waals surface area contributed by atoms with Crippen LogP contribution in [-0.2, 0) is 41.1 Å². The normalized spacial score (nSPS) is 15.2. The number of aliphatic hydroxyl groups is 1. The van der Waals surface area contributed by atoms with Gasteiger partial charge in [0.1, 0.15) is 0 Å². The van der Waals surface area contributed by atoms with Crippen LogP contribution in [0.1, 0.15) is 125 Å². The van der Waals surface area contributed by atoms with E-state index in [-0.39, 0.29) is 59.7 Å². The number of fused-ring (bicyclic) bond motifs is 5. The Morgan fingerprint density at radius 1 is 0.804 bits per heavy atom. The third-order valence-corrected chi connectivity index (χ3v) is 11.2. The van der Waals surface area contributed by atoms with Crippen LogP contribution >= 0.6 is 0 Å². The Morgan fingerprint density at radius 2 is 1.41 bits per heavy atom. The molecule has 1 aliphatic carbocycles. The van der Waals surface area contributed by atoms with E-state index in [2.05, 4.69) is 115 Å². The van der Waals surface area contributed by atoms with Gasteiger partial charge in [-0.3, -0.25) is 9.78 Å². The molecular formula is C47H58IrNO2-. The smallest absolute Gasteiger partial charge is 0.162 e. The van der Waals surface area contributed by atoms with E-state index >= 15 is 0 Å². The molecule has 1 aliphatic rings. The first-order valence-electron chi connectivity index (χ1n) is 18.8. The second-order valence-electron chi connectivity index (χ2n) is 16.8. The zero-order valence-corrected chi connectivity index (χ0v) is 35.1. The van der Waals surface area contributed by atoms with Crippen LogP contribution in [0.5, 0.6) is 0 Å². The standard InChI is InChI=1S/C34H34N.C13H24O2.Ir/c1-32(2,3)28-18-23(16-21-10-8-9-11-24(21)28)31-26-13-12-22-17-29-30(34(6,7)20-33(29,4)5)19-27(22)25(26)14-15-35-31;1-5-10(6-2)12(14)9-13(15)11(7-3)8-4;/h8-15,17-19H,20H2,1-7H3;9-11,14H,5-8H2,1-4H3;/q-1;;/b;12-9-;. The van der Waals surface area contributed by atoms with Gasteiger partial charge >= 0.3 is 0 Å². The van der Waals surface area contributed by atoms with Crippen molar-refractivity contribution >= 4 is 38.1 Å². The molecule has 6 rings (SSSR count). The van der Waals surface area contributed by atoms with Gasteiger partial charge in [0.2, 0.25) is 0 Å². The number of rotatable bonds is 8. The van der Waals surface area contributed by atoms with Crippen LogP contribution in [0.25, 0.3) is 43.6 Å². The Balaban J connectivity index is 0.000000312. The third kappa shape index (κ3) is 8.18. The van der Waals surface area contributed by atoms with Gasteiger partial charge in [-0.2, -0.15) is 0 Å². The summed E-state index contributed by atoms with van der Waals surface area (Å²) in [6.07, 6.45) is 8.06. The molecule has 0 spiro atoms. The molecule has 51 heavy (non-hydrogen) atoms. The van der Waals surface area contributed by atoms with Crippen molar-refractivity contribution in [2.45, 2.75) is 125 Å². The molecule has 1 heterocycles. The monoisotopic (exact) mass is 861 g/mol. The van der Waals surface area contributed by atoms with Crippen LogP contribution in [0.4, 0.5) is 0 Å². The van der Waals surface area contributed by atoms with Gasteiger partial charge in [-0.1, -0.05) is 124 Å². The Hall–Kier alpha value is -3.33. The largest absolute Gasteiger partial charge is 0.512 e. The van der Waals surface area contributed by atoms with Gasteiger partial charge in [-0.05, 0) is 93.2 Å². The molecule has 1 aromatic heterocycles. The minimum absolute atomic E-state index is 0. The fraction of sp³-hybridized carbons (Fsp3) is 0.447. The number of allylic oxidation sites excluding steroid dienone is 2. The van der Waals surface area contributed by atoms with E-state index in [1.807, 2.05) is 33.9 Å². The molecular weight excluding hydrogens is 803 g/mol. The van der Waals surface area contributed by atoms with Crippen molar-refractivity contribution in [2.75, 3.05) is 0 Å². The molecule has 0 saturated carbocycles. The van der Waals surface area contributed by atoms with E-state index < -0.39 is 0 Å². The summed E-state index contributed by atoms with van der Waals surface area (Å²) >= 11 is 0. The minimum atomic E-state index is 0. The zero-order valence-electron chi connectivity index (χ0n) is 32.8. The van der Waals surface area contributed by atoms with Gasteiger partial charge in [0.05, 0.1) is 5.76 Å². The second-order valence-corrected chi connectivity index (χ2v) is 16.8. The SMILES string of the molecule is CC(C)(C)c1cc(-c2nccc3c2ccc2cc4c(cc23)C(C)(C)CC4(C)C)[c-]c2ccccc12.CCC(CC)C(=O)/C=C(\O)C(CC)CC.[Ir]. The van der Waals surface area contributed by atoms with Gasteiger partial charge in [-0.15, -0.1) is 29.1 Å². The zero-order chi connectivity index (χ0) is 36.6. The second kappa shape index (κ2) is 15.7. The number of carbonyl (C=O) groups is 1. The molecule has 0 atom stereocenters. The molecule has 0 fully saturated rings. The molecule has 5 aromatic rings. The summed E-state index contributed by atoms with van der Waals surface area (Å²) in [6, 6.07) is 26.3. The van der Waals surface area contributed by atoms with Gasteiger partial charge in [-0.25, -0.2) is 0 Å². The predicted octanol–water partition coefficient (Wildman–Crippen LogP) is 13.1. The molecule has 1 radical (unpaired) electrons. The number of hydrogen-bond acceptors (Lipinski definition) is 3. The number of carbonyl (C=O) groups excluding carboxylic acids is 1. The van der Waals surface area contributed by atoms with Crippen molar-refractivity contribution in [3.05, 3.63) is 101 Å². The fourth-order valence-electron chi connectivity index (χ4n) is 8.43. The summed E-state index contributed by atoms with van der Waals surface area (Å²) in [5, 5.41) is 17.3. The van der Waals surface area contributed by atoms with Crippen LogP contribution < -0.4 is 0 Å². The van der Waals surface area contributed by atoms with Crippen molar-refractivity contribution in [2.24, 2.45) is 11.8 Å². The van der Waals surface area contributed by atoms with Crippen LogP contribution in [0.2, 0.25) is 0 Å². The number of pyridine rings is 1. The van der Waals surface area contributed by atoms with Crippen molar-refractivity contribution < 1.29 is 30.0 Å². The number of ketones is 1. The maximum atomic E-state index is 11.7.